The van der Waals surface area contributed by atoms with E-state index in [1.165, 1.54) is 16.2 Å². The molecular formula is C15H16BrN3O2S. The maximum Gasteiger partial charge on any atom is 0.265 e. The Morgan fingerprint density at radius 2 is 1.91 bits per heavy atom. The molecule has 1 heterocycles. The summed E-state index contributed by atoms with van der Waals surface area (Å²) in [5, 5.41) is 3.19. The molecule has 0 radical (unpaired) electrons. The van der Waals surface area contributed by atoms with Crippen molar-refractivity contribution < 1.29 is 9.59 Å². The first kappa shape index (κ1) is 16.6. The van der Waals surface area contributed by atoms with Gasteiger partial charge in [0.1, 0.15) is 4.88 Å². The monoisotopic (exact) mass is 381 g/mol. The molecule has 116 valence electrons. The van der Waals surface area contributed by atoms with E-state index in [2.05, 4.69) is 26.2 Å². The van der Waals surface area contributed by atoms with Gasteiger partial charge in [0.15, 0.2) is 5.13 Å². The van der Waals surface area contributed by atoms with Gasteiger partial charge in [0.05, 0.1) is 12.1 Å². The lowest BCUT2D eigenvalue weighted by Crippen LogP contribution is -2.21. The molecular weight excluding hydrogens is 366 g/mol. The summed E-state index contributed by atoms with van der Waals surface area (Å²) in [5.74, 6) is -0.261. The SMILES string of the molecule is Cc1nc(NC(=O)Cc2ccc(Br)cc2)sc1C(=O)N(C)C. The van der Waals surface area contributed by atoms with E-state index in [1.54, 1.807) is 21.0 Å². The maximum absolute atomic E-state index is 12.0. The highest BCUT2D eigenvalue weighted by atomic mass is 79.9. The minimum absolute atomic E-state index is 0.108. The second-order valence-electron chi connectivity index (χ2n) is 4.98. The van der Waals surface area contributed by atoms with Crippen LogP contribution in [0.1, 0.15) is 20.9 Å². The van der Waals surface area contributed by atoms with Crippen LogP contribution in [0.4, 0.5) is 5.13 Å². The number of carbonyl (C=O) groups is 2. The minimum atomic E-state index is -0.153. The van der Waals surface area contributed by atoms with Gasteiger partial charge in [-0.15, -0.1) is 0 Å². The highest BCUT2D eigenvalue weighted by Crippen LogP contribution is 2.23. The molecule has 7 heteroatoms. The van der Waals surface area contributed by atoms with Crippen LogP contribution >= 0.6 is 27.3 Å². The Hall–Kier alpha value is -1.73. The molecule has 0 fully saturated rings. The molecule has 0 aliphatic heterocycles. The van der Waals surface area contributed by atoms with Crippen LogP contribution in [-0.4, -0.2) is 35.8 Å². The number of rotatable bonds is 4. The molecule has 1 aromatic heterocycles. The van der Waals surface area contributed by atoms with Crippen molar-refractivity contribution >= 4 is 44.2 Å². The van der Waals surface area contributed by atoms with Crippen molar-refractivity contribution in [3.8, 4) is 0 Å². The van der Waals surface area contributed by atoms with Crippen LogP contribution in [0.2, 0.25) is 0 Å². The third-order valence-electron chi connectivity index (χ3n) is 2.92. The van der Waals surface area contributed by atoms with Crippen LogP contribution in [0.5, 0.6) is 0 Å². The van der Waals surface area contributed by atoms with E-state index >= 15 is 0 Å². The average molecular weight is 382 g/mol. The molecule has 0 saturated carbocycles. The average Bonchev–Trinajstić information content (AvgIpc) is 2.80. The fourth-order valence-electron chi connectivity index (χ4n) is 1.80. The smallest absolute Gasteiger partial charge is 0.265 e. The molecule has 0 spiro atoms. The zero-order chi connectivity index (χ0) is 16.3. The zero-order valence-electron chi connectivity index (χ0n) is 12.5. The molecule has 0 bridgehead atoms. The van der Waals surface area contributed by atoms with Gasteiger partial charge in [-0.3, -0.25) is 9.59 Å². The number of nitrogens with zero attached hydrogens (tertiary/aromatic N) is 2. The van der Waals surface area contributed by atoms with Crippen molar-refractivity contribution in [2.24, 2.45) is 0 Å². The minimum Gasteiger partial charge on any atom is -0.344 e. The number of carbonyl (C=O) groups excluding carboxylic acids is 2. The van der Waals surface area contributed by atoms with Gasteiger partial charge >= 0.3 is 0 Å². The van der Waals surface area contributed by atoms with Crippen LogP contribution in [0.15, 0.2) is 28.7 Å². The summed E-state index contributed by atoms with van der Waals surface area (Å²) in [6, 6.07) is 7.56. The Balaban J connectivity index is 2.04. The number of anilines is 1. The van der Waals surface area contributed by atoms with Crippen LogP contribution in [0.25, 0.3) is 0 Å². The van der Waals surface area contributed by atoms with Gasteiger partial charge in [-0.05, 0) is 24.6 Å². The summed E-state index contributed by atoms with van der Waals surface area (Å²) in [7, 11) is 3.38. The molecule has 0 aliphatic rings. The van der Waals surface area contributed by atoms with E-state index in [0.29, 0.717) is 15.7 Å². The van der Waals surface area contributed by atoms with Gasteiger partial charge in [0.2, 0.25) is 5.91 Å². The second kappa shape index (κ2) is 7.02. The third-order valence-corrected chi connectivity index (χ3v) is 4.51. The van der Waals surface area contributed by atoms with Gasteiger partial charge in [-0.25, -0.2) is 4.98 Å². The summed E-state index contributed by atoms with van der Waals surface area (Å²) >= 11 is 4.55. The van der Waals surface area contributed by atoms with Crippen LogP contribution in [0.3, 0.4) is 0 Å². The van der Waals surface area contributed by atoms with E-state index in [1.807, 2.05) is 24.3 Å². The van der Waals surface area contributed by atoms with Crippen molar-refractivity contribution in [1.29, 1.82) is 0 Å². The van der Waals surface area contributed by atoms with Gasteiger partial charge < -0.3 is 10.2 Å². The number of amides is 2. The highest BCUT2D eigenvalue weighted by Gasteiger charge is 2.17. The summed E-state index contributed by atoms with van der Waals surface area (Å²) < 4.78 is 0.971. The second-order valence-corrected chi connectivity index (χ2v) is 6.90. The number of aryl methyl sites for hydroxylation is 1. The fourth-order valence-corrected chi connectivity index (χ4v) is 3.07. The highest BCUT2D eigenvalue weighted by molar-refractivity contribution is 9.10. The van der Waals surface area contributed by atoms with E-state index in [4.69, 9.17) is 0 Å². The molecule has 0 atom stereocenters. The summed E-state index contributed by atoms with van der Waals surface area (Å²) in [5.41, 5.74) is 1.54. The Kier molecular flexibility index (Phi) is 5.31. The van der Waals surface area contributed by atoms with Crippen molar-refractivity contribution in [3.05, 3.63) is 44.9 Å². The van der Waals surface area contributed by atoms with Crippen molar-refractivity contribution in [2.75, 3.05) is 19.4 Å². The number of nitrogens with one attached hydrogen (secondary N) is 1. The fraction of sp³-hybridized carbons (Fsp3) is 0.267. The summed E-state index contributed by atoms with van der Waals surface area (Å²) in [6.45, 7) is 1.76. The first-order chi connectivity index (χ1) is 10.4. The van der Waals surface area contributed by atoms with Gasteiger partial charge in [0, 0.05) is 18.6 Å². The van der Waals surface area contributed by atoms with Crippen LogP contribution in [0, 0.1) is 6.92 Å². The van der Waals surface area contributed by atoms with Crippen LogP contribution in [-0.2, 0) is 11.2 Å². The number of aromatic nitrogens is 1. The number of thiazole rings is 1. The number of benzene rings is 1. The molecule has 1 N–H and O–H groups in total. The molecule has 5 nitrogen and oxygen atoms in total. The Bertz CT molecular complexity index is 695. The molecule has 2 aromatic rings. The molecule has 22 heavy (non-hydrogen) atoms. The maximum atomic E-state index is 12.0. The third kappa shape index (κ3) is 4.14. The van der Waals surface area contributed by atoms with Crippen molar-refractivity contribution in [2.45, 2.75) is 13.3 Å². The molecule has 0 unspecified atom stereocenters. The lowest BCUT2D eigenvalue weighted by atomic mass is 10.1. The first-order valence-corrected chi connectivity index (χ1v) is 8.21. The van der Waals surface area contributed by atoms with Gasteiger partial charge in [-0.1, -0.05) is 39.4 Å². The molecule has 2 amide bonds. The zero-order valence-corrected chi connectivity index (χ0v) is 14.9. The molecule has 0 saturated heterocycles. The topological polar surface area (TPSA) is 62.3 Å². The Morgan fingerprint density at radius 3 is 2.50 bits per heavy atom. The number of hydrogen-bond acceptors (Lipinski definition) is 4. The summed E-state index contributed by atoms with van der Waals surface area (Å²) in [4.78, 5) is 30.3. The van der Waals surface area contributed by atoms with Gasteiger partial charge in [-0.2, -0.15) is 0 Å². The lowest BCUT2D eigenvalue weighted by Gasteiger charge is -2.07. The van der Waals surface area contributed by atoms with E-state index in [-0.39, 0.29) is 18.2 Å². The summed E-state index contributed by atoms with van der Waals surface area (Å²) in [6.07, 6.45) is 0.267. The van der Waals surface area contributed by atoms with E-state index in [9.17, 15) is 9.59 Å². The van der Waals surface area contributed by atoms with E-state index < -0.39 is 0 Å². The lowest BCUT2D eigenvalue weighted by molar-refractivity contribution is -0.115. The normalized spacial score (nSPS) is 10.4. The number of hydrogen-bond donors (Lipinski definition) is 1. The molecule has 0 aliphatic carbocycles. The largest absolute Gasteiger partial charge is 0.344 e. The predicted octanol–water partition coefficient (Wildman–Crippen LogP) is 3.10. The van der Waals surface area contributed by atoms with Crippen molar-refractivity contribution in [3.63, 3.8) is 0 Å². The standard InChI is InChI=1S/C15H16BrN3O2S/c1-9-13(14(21)19(2)3)22-15(17-9)18-12(20)8-10-4-6-11(16)7-5-10/h4-7H,8H2,1-3H3,(H,17,18,20). The van der Waals surface area contributed by atoms with E-state index in [0.717, 1.165) is 10.0 Å². The molecule has 1 aromatic carbocycles. The predicted molar refractivity (Wildman–Crippen MR) is 91.3 cm³/mol. The number of halogens is 1. The Morgan fingerprint density at radius 1 is 1.27 bits per heavy atom. The Labute approximate surface area is 141 Å². The molecule has 2 rings (SSSR count). The quantitative estimate of drug-likeness (QED) is 0.884. The van der Waals surface area contributed by atoms with Crippen molar-refractivity contribution in [1.82, 2.24) is 9.88 Å². The van der Waals surface area contributed by atoms with Crippen LogP contribution < -0.4 is 5.32 Å². The first-order valence-electron chi connectivity index (χ1n) is 6.60. The van der Waals surface area contributed by atoms with Gasteiger partial charge in [0.25, 0.3) is 5.91 Å².